The van der Waals surface area contributed by atoms with Gasteiger partial charge in [0.15, 0.2) is 0 Å². The number of fused-ring (bicyclic) bond motifs is 3. The summed E-state index contributed by atoms with van der Waals surface area (Å²) in [6.45, 7) is 5.69. The first-order valence-corrected chi connectivity index (χ1v) is 11.8. The van der Waals surface area contributed by atoms with E-state index in [0.29, 0.717) is 0 Å². The Morgan fingerprint density at radius 3 is 2.63 bits per heavy atom. The third-order valence-corrected chi connectivity index (χ3v) is 7.39. The number of carbonyl (C=O) groups excluding carboxylic acids is 2. The highest BCUT2D eigenvalue weighted by Crippen LogP contribution is 2.33. The molecule has 8 heteroatoms. The summed E-state index contributed by atoms with van der Waals surface area (Å²) in [5, 5.41) is 3.64. The van der Waals surface area contributed by atoms with E-state index in [0.717, 1.165) is 61.0 Å². The van der Waals surface area contributed by atoms with Crippen LogP contribution < -0.4 is 10.9 Å². The van der Waals surface area contributed by atoms with Crippen LogP contribution in [0.1, 0.15) is 56.4 Å². The molecule has 1 fully saturated rings. The van der Waals surface area contributed by atoms with Crippen molar-refractivity contribution in [2.75, 3.05) is 13.1 Å². The first-order valence-electron chi connectivity index (χ1n) is 11.0. The molecule has 1 aliphatic heterocycles. The van der Waals surface area contributed by atoms with Gasteiger partial charge in [0.05, 0.1) is 11.7 Å². The summed E-state index contributed by atoms with van der Waals surface area (Å²) in [6, 6.07) is -0.517. The van der Waals surface area contributed by atoms with Crippen LogP contribution in [0, 0.1) is 5.92 Å². The van der Waals surface area contributed by atoms with E-state index < -0.39 is 6.04 Å². The Bertz CT molecular complexity index is 1000. The van der Waals surface area contributed by atoms with Gasteiger partial charge in [0.25, 0.3) is 5.56 Å². The highest BCUT2D eigenvalue weighted by Gasteiger charge is 2.30. The van der Waals surface area contributed by atoms with E-state index in [1.807, 2.05) is 18.7 Å². The van der Waals surface area contributed by atoms with Crippen molar-refractivity contribution in [1.29, 1.82) is 0 Å². The second-order valence-electron chi connectivity index (χ2n) is 8.71. The monoisotopic (exact) mass is 430 g/mol. The average Bonchev–Trinajstić information content (AvgIpc) is 3.39. The van der Waals surface area contributed by atoms with Crippen LogP contribution in [0.25, 0.3) is 10.2 Å². The number of rotatable bonds is 6. The van der Waals surface area contributed by atoms with Gasteiger partial charge in [0.1, 0.15) is 10.9 Å². The van der Waals surface area contributed by atoms with Crippen LogP contribution in [-0.2, 0) is 29.0 Å². The zero-order valence-electron chi connectivity index (χ0n) is 17.8. The fourth-order valence-electron chi connectivity index (χ4n) is 4.46. The van der Waals surface area contributed by atoms with Gasteiger partial charge in [-0.3, -0.25) is 19.0 Å². The normalized spacial score (nSPS) is 17.4. The molecule has 1 aliphatic carbocycles. The fraction of sp³-hybridized carbons (Fsp3) is 0.636. The molecule has 0 saturated carbocycles. The molecular weight excluding hydrogens is 400 g/mol. The molecule has 0 radical (unpaired) electrons. The van der Waals surface area contributed by atoms with Gasteiger partial charge < -0.3 is 10.2 Å². The zero-order chi connectivity index (χ0) is 21.3. The Hall–Kier alpha value is -2.22. The van der Waals surface area contributed by atoms with Crippen LogP contribution in [0.3, 0.4) is 0 Å². The van der Waals surface area contributed by atoms with Gasteiger partial charge in [-0.1, -0.05) is 13.8 Å². The average molecular weight is 431 g/mol. The van der Waals surface area contributed by atoms with E-state index in [9.17, 15) is 14.4 Å². The molecule has 0 aromatic carbocycles. The van der Waals surface area contributed by atoms with Gasteiger partial charge in [-0.2, -0.15) is 0 Å². The number of amides is 2. The summed E-state index contributed by atoms with van der Waals surface area (Å²) < 4.78 is 1.54. The molecule has 0 spiro atoms. The Morgan fingerprint density at radius 2 is 1.90 bits per heavy atom. The topological polar surface area (TPSA) is 84.3 Å². The maximum atomic E-state index is 13.0. The van der Waals surface area contributed by atoms with Crippen LogP contribution >= 0.6 is 11.3 Å². The number of hydrogen-bond acceptors (Lipinski definition) is 5. The van der Waals surface area contributed by atoms with Crippen molar-refractivity contribution in [3.8, 4) is 0 Å². The summed E-state index contributed by atoms with van der Waals surface area (Å²) in [5.74, 6) is -0.193. The Kier molecular flexibility index (Phi) is 6.22. The summed E-state index contributed by atoms with van der Waals surface area (Å²) in [5.41, 5.74) is 1.11. The van der Waals surface area contributed by atoms with Gasteiger partial charge in [-0.05, 0) is 50.0 Å². The van der Waals surface area contributed by atoms with E-state index in [1.165, 1.54) is 15.9 Å². The molecule has 3 heterocycles. The first-order chi connectivity index (χ1) is 14.5. The second kappa shape index (κ2) is 8.88. The molecule has 1 saturated heterocycles. The van der Waals surface area contributed by atoms with Crippen molar-refractivity contribution in [3.63, 3.8) is 0 Å². The summed E-state index contributed by atoms with van der Waals surface area (Å²) >= 11 is 1.63. The molecule has 30 heavy (non-hydrogen) atoms. The molecule has 1 atom stereocenters. The van der Waals surface area contributed by atoms with Gasteiger partial charge in [0.2, 0.25) is 11.8 Å². The van der Waals surface area contributed by atoms with Crippen molar-refractivity contribution < 1.29 is 9.59 Å². The molecule has 2 aromatic rings. The summed E-state index contributed by atoms with van der Waals surface area (Å²) in [4.78, 5) is 46.8. The van der Waals surface area contributed by atoms with Crippen LogP contribution in [0.4, 0.5) is 0 Å². The lowest BCUT2D eigenvalue weighted by atomic mass is 9.97. The highest BCUT2D eigenvalue weighted by atomic mass is 32.1. The van der Waals surface area contributed by atoms with Crippen LogP contribution in [0.15, 0.2) is 11.1 Å². The van der Waals surface area contributed by atoms with Crippen molar-refractivity contribution in [1.82, 2.24) is 19.8 Å². The quantitative estimate of drug-likeness (QED) is 0.763. The number of thiophene rings is 1. The number of nitrogens with zero attached hydrogens (tertiary/aromatic N) is 3. The Morgan fingerprint density at radius 1 is 1.17 bits per heavy atom. The lowest BCUT2D eigenvalue weighted by Crippen LogP contribution is -2.50. The third kappa shape index (κ3) is 4.15. The van der Waals surface area contributed by atoms with Crippen LogP contribution in [-0.4, -0.2) is 45.4 Å². The van der Waals surface area contributed by atoms with E-state index >= 15 is 0 Å². The number of likely N-dealkylation sites (tertiary alicyclic amines) is 1. The molecule has 0 bridgehead atoms. The van der Waals surface area contributed by atoms with Crippen molar-refractivity contribution in [2.24, 2.45) is 5.92 Å². The number of hydrogen-bond donors (Lipinski definition) is 1. The molecule has 162 valence electrons. The lowest BCUT2D eigenvalue weighted by molar-refractivity contribution is -0.136. The van der Waals surface area contributed by atoms with Crippen molar-refractivity contribution in [2.45, 2.75) is 71.4 Å². The van der Waals surface area contributed by atoms with Gasteiger partial charge in [-0.25, -0.2) is 4.98 Å². The zero-order valence-corrected chi connectivity index (χ0v) is 18.6. The van der Waals surface area contributed by atoms with Gasteiger partial charge >= 0.3 is 0 Å². The second-order valence-corrected chi connectivity index (χ2v) is 9.79. The predicted octanol–water partition coefficient (Wildman–Crippen LogP) is 2.49. The van der Waals surface area contributed by atoms with E-state index in [-0.39, 0.29) is 36.3 Å². The fourth-order valence-corrected chi connectivity index (χ4v) is 5.68. The molecule has 0 unspecified atom stereocenters. The summed E-state index contributed by atoms with van der Waals surface area (Å²) in [7, 11) is 0. The standard InChI is InChI=1S/C22H30N4O3S/c1-14(2)19(22(29)25-10-5-6-11-25)24-17(27)9-12-26-13-23-20-18(21(26)28)15-7-3-4-8-16(15)30-20/h13-14,19H,3-12H2,1-2H3,(H,24,27)/t19-/m0/s1. The molecular formula is C22H30N4O3S. The van der Waals surface area contributed by atoms with Crippen LogP contribution in [0.5, 0.6) is 0 Å². The smallest absolute Gasteiger partial charge is 0.262 e. The number of aryl methyl sites for hydroxylation is 3. The predicted molar refractivity (Wildman–Crippen MR) is 118 cm³/mol. The van der Waals surface area contributed by atoms with Crippen molar-refractivity contribution >= 4 is 33.4 Å². The SMILES string of the molecule is CC(C)[C@H](NC(=O)CCn1cnc2sc3c(c2c1=O)CCCC3)C(=O)N1CCCC1. The number of nitrogens with one attached hydrogen (secondary N) is 1. The molecule has 2 aliphatic rings. The summed E-state index contributed by atoms with van der Waals surface area (Å²) in [6.07, 6.45) is 7.99. The van der Waals surface area contributed by atoms with E-state index in [4.69, 9.17) is 0 Å². The molecule has 2 aromatic heterocycles. The maximum absolute atomic E-state index is 13.0. The highest BCUT2D eigenvalue weighted by molar-refractivity contribution is 7.18. The third-order valence-electron chi connectivity index (χ3n) is 6.19. The van der Waals surface area contributed by atoms with Crippen LogP contribution in [0.2, 0.25) is 0 Å². The van der Waals surface area contributed by atoms with Crippen molar-refractivity contribution in [3.05, 3.63) is 27.1 Å². The maximum Gasteiger partial charge on any atom is 0.262 e. The van der Waals surface area contributed by atoms with Gasteiger partial charge in [-0.15, -0.1) is 11.3 Å². The number of aromatic nitrogens is 2. The molecule has 2 amide bonds. The Labute approximate surface area is 180 Å². The molecule has 4 rings (SSSR count). The first kappa shape index (κ1) is 21.0. The lowest BCUT2D eigenvalue weighted by Gasteiger charge is -2.26. The van der Waals surface area contributed by atoms with E-state index in [1.54, 1.807) is 17.7 Å². The minimum atomic E-state index is -0.517. The minimum Gasteiger partial charge on any atom is -0.344 e. The minimum absolute atomic E-state index is 0.000930. The molecule has 1 N–H and O–H groups in total. The molecule has 7 nitrogen and oxygen atoms in total. The Balaban J connectivity index is 1.44. The number of carbonyl (C=O) groups is 2. The van der Waals surface area contributed by atoms with E-state index in [2.05, 4.69) is 10.3 Å². The van der Waals surface area contributed by atoms with Gasteiger partial charge in [0, 0.05) is 30.9 Å². The largest absolute Gasteiger partial charge is 0.344 e.